The Bertz CT molecular complexity index is 600. The molecule has 0 radical (unpaired) electrons. The van der Waals surface area contributed by atoms with Gasteiger partial charge in [0, 0.05) is 22.7 Å². The smallest absolute Gasteiger partial charge is 0.269 e. The maximum atomic E-state index is 11.7. The third-order valence-electron chi connectivity index (χ3n) is 2.48. The second-order valence-electron chi connectivity index (χ2n) is 3.95. The summed E-state index contributed by atoms with van der Waals surface area (Å²) in [5.74, 6) is 0.145. The number of para-hydroxylation sites is 1. The SMILES string of the molecule is O=C(CSc1ccc([N+](=O)[O-])cc1)Nc1ccccc1. The second-order valence-corrected chi connectivity index (χ2v) is 5.00. The molecule has 0 fully saturated rings. The van der Waals surface area contributed by atoms with E-state index >= 15 is 0 Å². The van der Waals surface area contributed by atoms with Crippen LogP contribution in [0.3, 0.4) is 0 Å². The van der Waals surface area contributed by atoms with Crippen LogP contribution in [0.5, 0.6) is 0 Å². The number of carbonyl (C=O) groups is 1. The maximum Gasteiger partial charge on any atom is 0.269 e. The van der Waals surface area contributed by atoms with Crippen LogP contribution in [0.2, 0.25) is 0 Å². The molecule has 0 spiro atoms. The van der Waals surface area contributed by atoms with Crippen LogP contribution in [0.1, 0.15) is 0 Å². The zero-order chi connectivity index (χ0) is 14.4. The van der Waals surface area contributed by atoms with Crippen LogP contribution in [0.4, 0.5) is 11.4 Å². The highest BCUT2D eigenvalue weighted by Gasteiger charge is 2.06. The van der Waals surface area contributed by atoms with Crippen LogP contribution < -0.4 is 5.32 Å². The molecule has 0 aliphatic rings. The van der Waals surface area contributed by atoms with E-state index in [9.17, 15) is 14.9 Å². The molecule has 0 aromatic heterocycles. The van der Waals surface area contributed by atoms with E-state index in [0.29, 0.717) is 0 Å². The second kappa shape index (κ2) is 6.72. The van der Waals surface area contributed by atoms with E-state index in [2.05, 4.69) is 5.32 Å². The molecule has 2 aromatic carbocycles. The van der Waals surface area contributed by atoms with Gasteiger partial charge in [0.25, 0.3) is 5.69 Å². The Morgan fingerprint density at radius 1 is 1.10 bits per heavy atom. The summed E-state index contributed by atoms with van der Waals surface area (Å²) in [6.45, 7) is 0. The number of carbonyl (C=O) groups excluding carboxylic acids is 1. The zero-order valence-electron chi connectivity index (χ0n) is 10.5. The third kappa shape index (κ3) is 4.10. The average molecular weight is 288 g/mol. The van der Waals surface area contributed by atoms with Gasteiger partial charge in [-0.15, -0.1) is 11.8 Å². The van der Waals surface area contributed by atoms with Crippen LogP contribution >= 0.6 is 11.8 Å². The minimum absolute atomic E-state index is 0.0445. The lowest BCUT2D eigenvalue weighted by Gasteiger charge is -2.04. The quantitative estimate of drug-likeness (QED) is 0.520. The fraction of sp³-hybridized carbons (Fsp3) is 0.0714. The van der Waals surface area contributed by atoms with Crippen molar-refractivity contribution in [2.24, 2.45) is 0 Å². The van der Waals surface area contributed by atoms with Crippen molar-refractivity contribution in [3.05, 3.63) is 64.7 Å². The molecule has 0 atom stereocenters. The van der Waals surface area contributed by atoms with E-state index in [-0.39, 0.29) is 17.3 Å². The number of amides is 1. The first kappa shape index (κ1) is 14.1. The Hall–Kier alpha value is -2.34. The van der Waals surface area contributed by atoms with Gasteiger partial charge in [-0.25, -0.2) is 0 Å². The van der Waals surface area contributed by atoms with Gasteiger partial charge in [0.2, 0.25) is 5.91 Å². The Balaban J connectivity index is 1.85. The Morgan fingerprint density at radius 2 is 1.75 bits per heavy atom. The third-order valence-corrected chi connectivity index (χ3v) is 3.49. The number of nitro benzene ring substituents is 1. The fourth-order valence-electron chi connectivity index (χ4n) is 1.53. The van der Waals surface area contributed by atoms with Gasteiger partial charge in [0.05, 0.1) is 10.7 Å². The Morgan fingerprint density at radius 3 is 2.35 bits per heavy atom. The van der Waals surface area contributed by atoms with Gasteiger partial charge in [-0.1, -0.05) is 18.2 Å². The Kier molecular flexibility index (Phi) is 4.73. The van der Waals surface area contributed by atoms with E-state index in [0.717, 1.165) is 10.6 Å². The number of hydrogen-bond donors (Lipinski definition) is 1. The number of nitrogens with zero attached hydrogens (tertiary/aromatic N) is 1. The van der Waals surface area contributed by atoms with Crippen LogP contribution in [0.15, 0.2) is 59.5 Å². The summed E-state index contributed by atoms with van der Waals surface area (Å²) in [5, 5.41) is 13.3. The molecular formula is C14H12N2O3S. The summed E-state index contributed by atoms with van der Waals surface area (Å²) in [5.41, 5.74) is 0.796. The fourth-order valence-corrected chi connectivity index (χ4v) is 2.23. The molecular weight excluding hydrogens is 276 g/mol. The maximum absolute atomic E-state index is 11.7. The molecule has 2 aromatic rings. The molecule has 0 saturated carbocycles. The summed E-state index contributed by atoms with van der Waals surface area (Å²) < 4.78 is 0. The number of rotatable bonds is 5. The van der Waals surface area contributed by atoms with Gasteiger partial charge < -0.3 is 5.32 Å². The molecule has 102 valence electrons. The van der Waals surface area contributed by atoms with Gasteiger partial charge in [-0.05, 0) is 24.3 Å². The van der Waals surface area contributed by atoms with Crippen LogP contribution in [0.25, 0.3) is 0 Å². The molecule has 1 amide bonds. The van der Waals surface area contributed by atoms with Crippen LogP contribution in [0, 0.1) is 10.1 Å². The Labute approximate surface area is 120 Å². The summed E-state index contributed by atoms with van der Waals surface area (Å²) in [7, 11) is 0. The number of nitro groups is 1. The summed E-state index contributed by atoms with van der Waals surface area (Å²) >= 11 is 1.33. The zero-order valence-corrected chi connectivity index (χ0v) is 11.3. The molecule has 5 nitrogen and oxygen atoms in total. The summed E-state index contributed by atoms with van der Waals surface area (Å²) in [6.07, 6.45) is 0. The molecule has 0 saturated heterocycles. The number of hydrogen-bond acceptors (Lipinski definition) is 4. The normalized spacial score (nSPS) is 10.0. The van der Waals surface area contributed by atoms with Crippen molar-refractivity contribution >= 4 is 29.0 Å². The lowest BCUT2D eigenvalue weighted by atomic mass is 10.3. The van der Waals surface area contributed by atoms with Crippen LogP contribution in [-0.4, -0.2) is 16.6 Å². The monoisotopic (exact) mass is 288 g/mol. The van der Waals surface area contributed by atoms with E-state index in [1.54, 1.807) is 12.1 Å². The van der Waals surface area contributed by atoms with Gasteiger partial charge in [-0.3, -0.25) is 14.9 Å². The number of non-ortho nitro benzene ring substituents is 1. The standard InChI is InChI=1S/C14H12N2O3S/c17-14(15-11-4-2-1-3-5-11)10-20-13-8-6-12(7-9-13)16(18)19/h1-9H,10H2,(H,15,17). The minimum Gasteiger partial charge on any atom is -0.325 e. The molecule has 20 heavy (non-hydrogen) atoms. The highest BCUT2D eigenvalue weighted by atomic mass is 32.2. The topological polar surface area (TPSA) is 72.2 Å². The molecule has 0 aliphatic carbocycles. The van der Waals surface area contributed by atoms with Crippen molar-refractivity contribution < 1.29 is 9.72 Å². The molecule has 2 rings (SSSR count). The van der Waals surface area contributed by atoms with E-state index in [1.807, 2.05) is 30.3 Å². The first-order chi connectivity index (χ1) is 9.65. The number of anilines is 1. The van der Waals surface area contributed by atoms with Crippen molar-refractivity contribution in [2.45, 2.75) is 4.90 Å². The largest absolute Gasteiger partial charge is 0.325 e. The van der Waals surface area contributed by atoms with Crippen molar-refractivity contribution in [3.8, 4) is 0 Å². The van der Waals surface area contributed by atoms with Crippen molar-refractivity contribution in [1.29, 1.82) is 0 Å². The average Bonchev–Trinajstić information content (AvgIpc) is 2.46. The molecule has 6 heteroatoms. The first-order valence-corrected chi connectivity index (χ1v) is 6.86. The summed E-state index contributed by atoms with van der Waals surface area (Å²) in [6, 6.07) is 15.3. The van der Waals surface area contributed by atoms with Gasteiger partial charge >= 0.3 is 0 Å². The molecule has 0 unspecified atom stereocenters. The molecule has 1 N–H and O–H groups in total. The van der Waals surface area contributed by atoms with Crippen molar-refractivity contribution in [1.82, 2.24) is 0 Å². The van der Waals surface area contributed by atoms with E-state index < -0.39 is 4.92 Å². The van der Waals surface area contributed by atoms with Crippen LogP contribution in [-0.2, 0) is 4.79 Å². The van der Waals surface area contributed by atoms with Gasteiger partial charge in [0.15, 0.2) is 0 Å². The van der Waals surface area contributed by atoms with Crippen molar-refractivity contribution in [2.75, 3.05) is 11.1 Å². The predicted molar refractivity (Wildman–Crippen MR) is 78.9 cm³/mol. The highest BCUT2D eigenvalue weighted by Crippen LogP contribution is 2.21. The minimum atomic E-state index is -0.448. The van der Waals surface area contributed by atoms with Gasteiger partial charge in [-0.2, -0.15) is 0 Å². The lowest BCUT2D eigenvalue weighted by Crippen LogP contribution is -2.13. The number of benzene rings is 2. The first-order valence-electron chi connectivity index (χ1n) is 5.87. The molecule has 0 heterocycles. The van der Waals surface area contributed by atoms with E-state index in [1.165, 1.54) is 23.9 Å². The molecule has 0 aliphatic heterocycles. The number of nitrogens with one attached hydrogen (secondary N) is 1. The number of thioether (sulfide) groups is 1. The lowest BCUT2D eigenvalue weighted by molar-refractivity contribution is -0.384. The molecule has 0 bridgehead atoms. The summed E-state index contributed by atoms with van der Waals surface area (Å²) in [4.78, 5) is 22.6. The predicted octanol–water partition coefficient (Wildman–Crippen LogP) is 3.33. The van der Waals surface area contributed by atoms with E-state index in [4.69, 9.17) is 0 Å². The van der Waals surface area contributed by atoms with Gasteiger partial charge in [0.1, 0.15) is 0 Å². The van der Waals surface area contributed by atoms with Crippen molar-refractivity contribution in [3.63, 3.8) is 0 Å². The highest BCUT2D eigenvalue weighted by molar-refractivity contribution is 8.00.